The maximum atomic E-state index is 4.61. The van der Waals surface area contributed by atoms with Crippen molar-refractivity contribution >= 4 is 34.3 Å². The first-order valence-electron chi connectivity index (χ1n) is 9.00. The number of anilines is 2. The maximum absolute atomic E-state index is 4.61. The maximum Gasteiger partial charge on any atom is 0.134 e. The highest BCUT2D eigenvalue weighted by Crippen LogP contribution is 2.31. The van der Waals surface area contributed by atoms with Crippen LogP contribution in [0.5, 0.6) is 0 Å². The number of benzene rings is 1. The molecule has 0 fully saturated rings. The van der Waals surface area contributed by atoms with Crippen molar-refractivity contribution in [2.45, 2.75) is 19.8 Å². The number of nitrogens with zero attached hydrogens (tertiary/aromatic N) is 5. The summed E-state index contributed by atoms with van der Waals surface area (Å²) in [6.45, 7) is 3.08. The second kappa shape index (κ2) is 6.75. The third-order valence-corrected chi connectivity index (χ3v) is 5.02. The first kappa shape index (κ1) is 16.5. The molecule has 5 nitrogen and oxygen atoms in total. The summed E-state index contributed by atoms with van der Waals surface area (Å²) in [5, 5.41) is 0. The summed E-state index contributed by atoms with van der Waals surface area (Å²) in [5.41, 5.74) is 7.17. The van der Waals surface area contributed by atoms with Crippen molar-refractivity contribution in [1.29, 1.82) is 0 Å². The molecule has 0 N–H and O–H groups in total. The van der Waals surface area contributed by atoms with Crippen LogP contribution in [0.4, 0.5) is 11.5 Å². The van der Waals surface area contributed by atoms with Crippen molar-refractivity contribution in [2.24, 2.45) is 12.0 Å². The first-order chi connectivity index (χ1) is 12.7. The lowest BCUT2D eigenvalue weighted by atomic mass is 9.97. The smallest absolute Gasteiger partial charge is 0.134 e. The zero-order valence-electron chi connectivity index (χ0n) is 15.5. The average molecular weight is 345 g/mol. The SMILES string of the molecule is CCc1cc(C2=CC=NCC2)ccc1N(C)c1cc2c(cn1)ncn2C. The topological polar surface area (TPSA) is 46.3 Å². The minimum Gasteiger partial charge on any atom is -0.334 e. The molecule has 132 valence electrons. The van der Waals surface area contributed by atoms with Crippen LogP contribution in [0.1, 0.15) is 24.5 Å². The van der Waals surface area contributed by atoms with Gasteiger partial charge in [-0.25, -0.2) is 9.97 Å². The van der Waals surface area contributed by atoms with Gasteiger partial charge in [-0.1, -0.05) is 13.0 Å². The summed E-state index contributed by atoms with van der Waals surface area (Å²) in [6, 6.07) is 8.81. The summed E-state index contributed by atoms with van der Waals surface area (Å²) < 4.78 is 2.02. The molecule has 0 bridgehead atoms. The Kier molecular flexibility index (Phi) is 4.29. The molecule has 4 rings (SSSR count). The van der Waals surface area contributed by atoms with Crippen molar-refractivity contribution in [1.82, 2.24) is 14.5 Å². The molecule has 5 heteroatoms. The summed E-state index contributed by atoms with van der Waals surface area (Å²) in [6.07, 6.45) is 9.68. The van der Waals surface area contributed by atoms with Gasteiger partial charge in [-0.2, -0.15) is 0 Å². The summed E-state index contributed by atoms with van der Waals surface area (Å²) in [5.74, 6) is 0.924. The van der Waals surface area contributed by atoms with Gasteiger partial charge in [0.25, 0.3) is 0 Å². The van der Waals surface area contributed by atoms with Crippen molar-refractivity contribution < 1.29 is 0 Å². The van der Waals surface area contributed by atoms with E-state index < -0.39 is 0 Å². The van der Waals surface area contributed by atoms with Gasteiger partial charge in [0.1, 0.15) is 11.3 Å². The van der Waals surface area contributed by atoms with Gasteiger partial charge in [-0.05, 0) is 47.8 Å². The molecule has 3 aromatic rings. The highest BCUT2D eigenvalue weighted by atomic mass is 15.2. The van der Waals surface area contributed by atoms with Gasteiger partial charge < -0.3 is 9.47 Å². The van der Waals surface area contributed by atoms with Gasteiger partial charge >= 0.3 is 0 Å². The Morgan fingerprint density at radius 2 is 2.08 bits per heavy atom. The van der Waals surface area contributed by atoms with Crippen LogP contribution in [0.25, 0.3) is 16.6 Å². The van der Waals surface area contributed by atoms with Crippen LogP contribution < -0.4 is 4.90 Å². The molecular formula is C21H23N5. The minimum absolute atomic E-state index is 0.879. The largest absolute Gasteiger partial charge is 0.334 e. The van der Waals surface area contributed by atoms with Crippen molar-refractivity contribution in [2.75, 3.05) is 18.5 Å². The van der Waals surface area contributed by atoms with Crippen molar-refractivity contribution in [3.63, 3.8) is 0 Å². The van der Waals surface area contributed by atoms with E-state index in [1.165, 1.54) is 22.4 Å². The number of pyridine rings is 1. The molecule has 0 saturated heterocycles. The van der Waals surface area contributed by atoms with E-state index in [1.54, 1.807) is 0 Å². The fourth-order valence-corrected chi connectivity index (χ4v) is 3.45. The molecule has 1 aliphatic rings. The number of aliphatic imine (C=N–C) groups is 1. The Hall–Kier alpha value is -2.95. The second-order valence-corrected chi connectivity index (χ2v) is 6.64. The molecule has 1 aromatic carbocycles. The van der Waals surface area contributed by atoms with E-state index in [9.17, 15) is 0 Å². The van der Waals surface area contributed by atoms with E-state index in [0.717, 1.165) is 36.2 Å². The molecule has 0 atom stereocenters. The summed E-state index contributed by atoms with van der Waals surface area (Å²) in [7, 11) is 4.08. The van der Waals surface area contributed by atoms with Crippen LogP contribution in [-0.2, 0) is 13.5 Å². The predicted octanol–water partition coefficient (Wildman–Crippen LogP) is 4.16. The molecule has 2 aromatic heterocycles. The van der Waals surface area contributed by atoms with Gasteiger partial charge in [0.05, 0.1) is 18.0 Å². The number of fused-ring (bicyclic) bond motifs is 1. The Morgan fingerprint density at radius 3 is 2.85 bits per heavy atom. The van der Waals surface area contributed by atoms with E-state index in [-0.39, 0.29) is 0 Å². The number of allylic oxidation sites excluding steroid dienone is 1. The third-order valence-electron chi connectivity index (χ3n) is 5.02. The normalized spacial score (nSPS) is 13.9. The van der Waals surface area contributed by atoms with Crippen LogP contribution in [0, 0.1) is 0 Å². The van der Waals surface area contributed by atoms with Crippen LogP contribution in [-0.4, -0.2) is 34.3 Å². The molecule has 0 amide bonds. The minimum atomic E-state index is 0.879. The monoisotopic (exact) mass is 345 g/mol. The molecule has 0 radical (unpaired) electrons. The van der Waals surface area contributed by atoms with Gasteiger partial charge in [-0.15, -0.1) is 0 Å². The fourth-order valence-electron chi connectivity index (χ4n) is 3.45. The number of rotatable bonds is 4. The number of aryl methyl sites for hydroxylation is 2. The highest BCUT2D eigenvalue weighted by Gasteiger charge is 2.13. The van der Waals surface area contributed by atoms with E-state index >= 15 is 0 Å². The molecule has 0 spiro atoms. The number of aromatic nitrogens is 3. The first-order valence-corrected chi connectivity index (χ1v) is 9.00. The standard InChI is InChI=1S/C21H23N5/c1-4-15-11-17(16-7-9-22-10-8-16)5-6-19(15)26(3)21-12-20-18(13-23-21)24-14-25(20)2/h5-7,9,11-14H,4,8,10H2,1-3H3. The van der Waals surface area contributed by atoms with E-state index in [1.807, 2.05) is 30.4 Å². The van der Waals surface area contributed by atoms with E-state index in [2.05, 4.69) is 64.2 Å². The van der Waals surface area contributed by atoms with Crippen LogP contribution in [0.15, 0.2) is 47.9 Å². The Morgan fingerprint density at radius 1 is 1.19 bits per heavy atom. The quantitative estimate of drug-likeness (QED) is 0.713. The Balaban J connectivity index is 1.72. The summed E-state index contributed by atoms with van der Waals surface area (Å²) in [4.78, 5) is 15.4. The van der Waals surface area contributed by atoms with Crippen molar-refractivity contribution in [3.8, 4) is 0 Å². The van der Waals surface area contributed by atoms with Crippen LogP contribution in [0.2, 0.25) is 0 Å². The number of hydrogen-bond acceptors (Lipinski definition) is 4. The fraction of sp³-hybridized carbons (Fsp3) is 0.286. The van der Waals surface area contributed by atoms with Gasteiger partial charge in [0, 0.05) is 38.6 Å². The highest BCUT2D eigenvalue weighted by molar-refractivity contribution is 5.87. The second-order valence-electron chi connectivity index (χ2n) is 6.64. The van der Waals surface area contributed by atoms with Crippen LogP contribution in [0.3, 0.4) is 0 Å². The Bertz CT molecular complexity index is 1010. The Labute approximate surface area is 153 Å². The van der Waals surface area contributed by atoms with Crippen LogP contribution >= 0.6 is 0 Å². The lowest BCUT2D eigenvalue weighted by Gasteiger charge is -2.22. The number of dihydropyridines is 1. The number of imidazole rings is 1. The lowest BCUT2D eigenvalue weighted by molar-refractivity contribution is 0.946. The third kappa shape index (κ3) is 2.90. The molecule has 0 unspecified atom stereocenters. The van der Waals surface area contributed by atoms with Gasteiger partial charge in [0.15, 0.2) is 0 Å². The molecule has 3 heterocycles. The van der Waals surface area contributed by atoms with Gasteiger partial charge in [-0.3, -0.25) is 4.99 Å². The van der Waals surface area contributed by atoms with Gasteiger partial charge in [0.2, 0.25) is 0 Å². The lowest BCUT2D eigenvalue weighted by Crippen LogP contribution is -2.13. The number of hydrogen-bond donors (Lipinski definition) is 0. The average Bonchev–Trinajstić information content (AvgIpc) is 3.08. The van der Waals surface area contributed by atoms with E-state index in [0.29, 0.717) is 0 Å². The predicted molar refractivity (Wildman–Crippen MR) is 108 cm³/mol. The molecule has 0 aliphatic carbocycles. The molecule has 26 heavy (non-hydrogen) atoms. The zero-order valence-corrected chi connectivity index (χ0v) is 15.5. The zero-order chi connectivity index (χ0) is 18.1. The van der Waals surface area contributed by atoms with Crippen molar-refractivity contribution in [3.05, 3.63) is 54.0 Å². The van der Waals surface area contributed by atoms with E-state index in [4.69, 9.17) is 0 Å². The molecule has 0 saturated carbocycles. The molecular weight excluding hydrogens is 322 g/mol. The summed E-state index contributed by atoms with van der Waals surface area (Å²) >= 11 is 0. The molecule has 1 aliphatic heterocycles.